The van der Waals surface area contributed by atoms with Crippen molar-refractivity contribution in [2.45, 2.75) is 85.2 Å². The summed E-state index contributed by atoms with van der Waals surface area (Å²) in [5.74, 6) is -0.641. The Labute approximate surface area is 204 Å². The molecule has 1 fully saturated rings. The number of hydrogen-bond acceptors (Lipinski definition) is 4. The van der Waals surface area contributed by atoms with Gasteiger partial charge in [-0.1, -0.05) is 0 Å². The third-order valence-corrected chi connectivity index (χ3v) is 6.78. The molecule has 0 spiro atoms. The second-order valence-corrected chi connectivity index (χ2v) is 9.67. The van der Waals surface area contributed by atoms with Crippen molar-refractivity contribution in [3.8, 4) is 0 Å². The van der Waals surface area contributed by atoms with E-state index in [1.807, 2.05) is 11.8 Å². The van der Waals surface area contributed by atoms with Gasteiger partial charge in [-0.15, -0.1) is 0 Å². The zero-order valence-electron chi connectivity index (χ0n) is 21.2. The number of alkyl halides is 3. The molecule has 1 aromatic carbocycles. The van der Waals surface area contributed by atoms with Crippen LogP contribution < -0.4 is 21.1 Å². The topological polar surface area (TPSA) is 77.2 Å². The Balaban J connectivity index is 1.99. The van der Waals surface area contributed by atoms with Gasteiger partial charge in [-0.3, -0.25) is 9.59 Å². The van der Waals surface area contributed by atoms with Crippen molar-refractivity contribution in [1.82, 2.24) is 15.6 Å². The number of amides is 1. The van der Waals surface area contributed by atoms with Crippen LogP contribution >= 0.6 is 0 Å². The van der Waals surface area contributed by atoms with Crippen LogP contribution in [0.5, 0.6) is 0 Å². The number of aromatic nitrogens is 1. The van der Waals surface area contributed by atoms with Crippen LogP contribution in [0.3, 0.4) is 0 Å². The fourth-order valence-electron chi connectivity index (χ4n) is 5.18. The number of hydrogen-bond donors (Lipinski definition) is 3. The summed E-state index contributed by atoms with van der Waals surface area (Å²) in [6.45, 7) is 11.7. The van der Waals surface area contributed by atoms with Gasteiger partial charge in [-0.25, -0.2) is 0 Å². The highest BCUT2D eigenvalue weighted by atomic mass is 19.4. The molecule has 3 atom stereocenters. The standard InChI is InChI=1S/C26H35F3N4O2/c1-7-33(20-9-16(4)31-17(5)10-20)23-12-19(26(27,28)29)11-21(18(23)6)24(34)30-13-22-14(2)8-15(3)32-25(22)35/h8,11-12,16-17,20,31H,7,9-10,13H2,1-6H3,(H,30,34)(H,32,35)/t16-,17?,20?/m1/s1. The van der Waals surface area contributed by atoms with Crippen LogP contribution in [0.2, 0.25) is 0 Å². The first-order chi connectivity index (χ1) is 16.3. The molecule has 3 rings (SSSR count). The number of carbonyl (C=O) groups is 1. The van der Waals surface area contributed by atoms with Crippen molar-refractivity contribution >= 4 is 11.6 Å². The number of halogens is 3. The summed E-state index contributed by atoms with van der Waals surface area (Å²) in [5.41, 5.74) is 1.47. The van der Waals surface area contributed by atoms with Gasteiger partial charge in [0, 0.05) is 53.7 Å². The molecule has 1 aliphatic rings. The van der Waals surface area contributed by atoms with Crippen LogP contribution in [-0.4, -0.2) is 35.6 Å². The monoisotopic (exact) mass is 492 g/mol. The molecule has 0 aliphatic carbocycles. The van der Waals surface area contributed by atoms with Gasteiger partial charge >= 0.3 is 6.18 Å². The molecule has 35 heavy (non-hydrogen) atoms. The Morgan fingerprint density at radius 3 is 2.29 bits per heavy atom. The third-order valence-electron chi connectivity index (χ3n) is 6.78. The highest BCUT2D eigenvalue weighted by Gasteiger charge is 2.35. The van der Waals surface area contributed by atoms with Crippen LogP contribution in [0, 0.1) is 20.8 Å². The van der Waals surface area contributed by atoms with E-state index in [0.717, 1.165) is 25.0 Å². The van der Waals surface area contributed by atoms with Crippen LogP contribution in [-0.2, 0) is 12.7 Å². The van der Waals surface area contributed by atoms with Gasteiger partial charge in [0.25, 0.3) is 11.5 Å². The largest absolute Gasteiger partial charge is 0.416 e. The lowest BCUT2D eigenvalue weighted by Crippen LogP contribution is -2.51. The zero-order chi connectivity index (χ0) is 26.1. The summed E-state index contributed by atoms with van der Waals surface area (Å²) in [7, 11) is 0. The maximum Gasteiger partial charge on any atom is 0.416 e. The van der Waals surface area contributed by atoms with Gasteiger partial charge in [0.05, 0.1) is 5.56 Å². The Bertz CT molecular complexity index is 1130. The summed E-state index contributed by atoms with van der Waals surface area (Å²) in [4.78, 5) is 30.1. The van der Waals surface area contributed by atoms with E-state index in [4.69, 9.17) is 0 Å². The SMILES string of the molecule is CCN(c1cc(C(F)(F)F)cc(C(=O)NCc2c(C)cc(C)[nH]c2=O)c1C)C1CC(C)N[C@H](C)C1. The molecule has 2 unspecified atom stereocenters. The first-order valence-corrected chi connectivity index (χ1v) is 12.0. The lowest BCUT2D eigenvalue weighted by molar-refractivity contribution is -0.137. The molecular formula is C26H35F3N4O2. The van der Waals surface area contributed by atoms with Gasteiger partial charge in [-0.05, 0) is 83.7 Å². The third kappa shape index (κ3) is 6.07. The number of benzene rings is 1. The molecule has 1 aliphatic heterocycles. The highest BCUT2D eigenvalue weighted by Crippen LogP contribution is 2.37. The second-order valence-electron chi connectivity index (χ2n) is 9.67. The maximum absolute atomic E-state index is 13.9. The molecular weight excluding hydrogens is 457 g/mol. The quantitative estimate of drug-likeness (QED) is 0.551. The summed E-state index contributed by atoms with van der Waals surface area (Å²) < 4.78 is 41.6. The number of nitrogens with one attached hydrogen (secondary N) is 3. The Hall–Kier alpha value is -2.81. The maximum atomic E-state index is 13.9. The fraction of sp³-hybridized carbons (Fsp3) is 0.538. The number of aromatic amines is 1. The molecule has 1 amide bonds. The lowest BCUT2D eigenvalue weighted by atomic mass is 9.92. The van der Waals surface area contributed by atoms with Gasteiger partial charge in [0.15, 0.2) is 0 Å². The van der Waals surface area contributed by atoms with Crippen molar-refractivity contribution in [3.63, 3.8) is 0 Å². The van der Waals surface area contributed by atoms with E-state index in [0.29, 0.717) is 34.6 Å². The fourth-order valence-corrected chi connectivity index (χ4v) is 5.18. The van der Waals surface area contributed by atoms with E-state index in [-0.39, 0.29) is 35.8 Å². The molecule has 0 bridgehead atoms. The number of aryl methyl sites for hydroxylation is 2. The van der Waals surface area contributed by atoms with Crippen LogP contribution in [0.1, 0.15) is 71.9 Å². The Morgan fingerprint density at radius 1 is 1.11 bits per heavy atom. The molecule has 1 saturated heterocycles. The molecule has 3 N–H and O–H groups in total. The van der Waals surface area contributed by atoms with Crippen LogP contribution in [0.25, 0.3) is 0 Å². The van der Waals surface area contributed by atoms with E-state index in [1.165, 1.54) is 0 Å². The number of H-pyrrole nitrogens is 1. The minimum atomic E-state index is -4.60. The molecule has 2 heterocycles. The molecule has 9 heteroatoms. The number of nitrogens with zero attached hydrogens (tertiary/aromatic N) is 1. The van der Waals surface area contributed by atoms with Crippen molar-refractivity contribution in [2.24, 2.45) is 0 Å². The second kappa shape index (κ2) is 10.4. The summed E-state index contributed by atoms with van der Waals surface area (Å²) in [6.07, 6.45) is -3.01. The van der Waals surface area contributed by atoms with Crippen molar-refractivity contribution < 1.29 is 18.0 Å². The van der Waals surface area contributed by atoms with E-state index >= 15 is 0 Å². The number of pyridine rings is 1. The average molecular weight is 493 g/mol. The number of carbonyl (C=O) groups excluding carboxylic acids is 1. The molecule has 0 saturated carbocycles. The molecule has 0 radical (unpaired) electrons. The van der Waals surface area contributed by atoms with Crippen molar-refractivity contribution in [3.05, 3.63) is 62.1 Å². The Kier molecular flexibility index (Phi) is 7.99. The molecule has 2 aromatic rings. The van der Waals surface area contributed by atoms with Gasteiger partial charge in [0.1, 0.15) is 0 Å². The van der Waals surface area contributed by atoms with Gasteiger partial charge in [-0.2, -0.15) is 13.2 Å². The van der Waals surface area contributed by atoms with Crippen molar-refractivity contribution in [2.75, 3.05) is 11.4 Å². The summed E-state index contributed by atoms with van der Waals surface area (Å²) >= 11 is 0. The minimum Gasteiger partial charge on any atom is -0.368 e. The predicted molar refractivity (Wildman–Crippen MR) is 132 cm³/mol. The number of piperidine rings is 1. The molecule has 1 aromatic heterocycles. The summed E-state index contributed by atoms with van der Waals surface area (Å²) in [6, 6.07) is 4.38. The molecule has 6 nitrogen and oxygen atoms in total. The first kappa shape index (κ1) is 26.8. The average Bonchev–Trinajstić information content (AvgIpc) is 2.73. The van der Waals surface area contributed by atoms with Crippen LogP contribution in [0.15, 0.2) is 23.0 Å². The van der Waals surface area contributed by atoms with Gasteiger partial charge in [0.2, 0.25) is 0 Å². The van der Waals surface area contributed by atoms with Crippen molar-refractivity contribution in [1.29, 1.82) is 0 Å². The lowest BCUT2D eigenvalue weighted by Gasteiger charge is -2.41. The highest BCUT2D eigenvalue weighted by molar-refractivity contribution is 5.97. The normalized spacial score (nSPS) is 20.5. The number of rotatable bonds is 6. The van der Waals surface area contributed by atoms with Crippen LogP contribution in [0.4, 0.5) is 18.9 Å². The molecule has 192 valence electrons. The van der Waals surface area contributed by atoms with E-state index < -0.39 is 17.6 Å². The first-order valence-electron chi connectivity index (χ1n) is 12.0. The number of anilines is 1. The van der Waals surface area contributed by atoms with E-state index in [1.54, 1.807) is 26.8 Å². The predicted octanol–water partition coefficient (Wildman–Crippen LogP) is 4.60. The Morgan fingerprint density at radius 2 is 1.74 bits per heavy atom. The van der Waals surface area contributed by atoms with E-state index in [9.17, 15) is 22.8 Å². The van der Waals surface area contributed by atoms with Gasteiger partial charge < -0.3 is 20.5 Å². The zero-order valence-corrected chi connectivity index (χ0v) is 21.2. The van der Waals surface area contributed by atoms with E-state index in [2.05, 4.69) is 29.5 Å². The summed E-state index contributed by atoms with van der Waals surface area (Å²) in [5, 5.41) is 6.12. The minimum absolute atomic E-state index is 0.0375. The smallest absolute Gasteiger partial charge is 0.368 e.